The first-order valence-corrected chi connectivity index (χ1v) is 34.3. The Balaban J connectivity index is 1.45. The third-order valence-corrected chi connectivity index (χ3v) is 16.7. The highest BCUT2D eigenvalue weighted by molar-refractivity contribution is 5.90. The van der Waals surface area contributed by atoms with Gasteiger partial charge in [-0.05, 0) is 116 Å². The van der Waals surface area contributed by atoms with Crippen LogP contribution in [-0.2, 0) is 0 Å². The first-order valence-electron chi connectivity index (χ1n) is 34.3. The van der Waals surface area contributed by atoms with Crippen molar-refractivity contribution in [1.82, 2.24) is 19.6 Å². The van der Waals surface area contributed by atoms with Gasteiger partial charge in [0.2, 0.25) is 0 Å². The van der Waals surface area contributed by atoms with E-state index in [1.54, 1.807) is 0 Å². The standard InChI is InChI=1S/C69H129N7/c1-4-7-10-13-16-19-22-25-28-31-34-37-40-43-46-49-58-74-61-52-55-70-67(74)64-73(65-68-71-56-53-62-75(68)59-50-47-44-41-38-35-32-29-26-23-20-17-14-11-8-5-2)66-69-72-57-54-63-76(69)60-51-48-45-42-39-36-33-30-27-24-21-18-15-12-9-6-3/h25-30H,4-24,31-66H2,1-3H3. The summed E-state index contributed by atoms with van der Waals surface area (Å²) >= 11 is 0. The van der Waals surface area contributed by atoms with Crippen LogP contribution >= 0.6 is 0 Å². The Morgan fingerprint density at radius 3 is 0.737 bits per heavy atom. The summed E-state index contributed by atoms with van der Waals surface area (Å²) in [7, 11) is 0. The van der Waals surface area contributed by atoms with Gasteiger partial charge in [-0.1, -0.05) is 231 Å². The fourth-order valence-electron chi connectivity index (χ4n) is 11.7. The highest BCUT2D eigenvalue weighted by Gasteiger charge is 2.26. The fourth-order valence-corrected chi connectivity index (χ4v) is 11.7. The molecule has 0 unspecified atom stereocenters. The number of unbranched alkanes of at least 4 members (excludes halogenated alkanes) is 36. The molecule has 3 heterocycles. The monoisotopic (exact) mass is 1060 g/mol. The van der Waals surface area contributed by atoms with Gasteiger partial charge in [0.25, 0.3) is 0 Å². The molecular weight excluding hydrogens is 927 g/mol. The van der Waals surface area contributed by atoms with Crippen molar-refractivity contribution >= 4 is 17.5 Å². The summed E-state index contributed by atoms with van der Waals surface area (Å²) in [5.41, 5.74) is 0. The lowest BCUT2D eigenvalue weighted by molar-refractivity contribution is 0.299. The summed E-state index contributed by atoms with van der Waals surface area (Å²) in [5.74, 6) is 3.98. The number of allylic oxidation sites excluding steroid dienone is 6. The van der Waals surface area contributed by atoms with Crippen LogP contribution in [0.15, 0.2) is 51.4 Å². The summed E-state index contributed by atoms with van der Waals surface area (Å²) in [6.07, 6.45) is 75.4. The molecule has 0 radical (unpaired) electrons. The number of nitrogens with zero attached hydrogens (tertiary/aromatic N) is 7. The summed E-state index contributed by atoms with van der Waals surface area (Å²) in [6, 6.07) is 0. The zero-order chi connectivity index (χ0) is 53.7. The van der Waals surface area contributed by atoms with Crippen LogP contribution in [0.4, 0.5) is 0 Å². The molecule has 0 aromatic heterocycles. The van der Waals surface area contributed by atoms with Crippen LogP contribution in [0.5, 0.6) is 0 Å². The van der Waals surface area contributed by atoms with Crippen molar-refractivity contribution in [2.24, 2.45) is 15.0 Å². The Kier molecular flexibility index (Phi) is 46.4. The van der Waals surface area contributed by atoms with E-state index in [4.69, 9.17) is 15.0 Å². The number of rotatable bonds is 54. The third kappa shape index (κ3) is 38.2. The predicted molar refractivity (Wildman–Crippen MR) is 340 cm³/mol. The number of amidine groups is 3. The first kappa shape index (κ1) is 67.9. The van der Waals surface area contributed by atoms with E-state index in [-0.39, 0.29) is 0 Å². The van der Waals surface area contributed by atoms with Crippen LogP contribution in [0, 0.1) is 0 Å². The molecular formula is C69H129N7. The van der Waals surface area contributed by atoms with Crippen LogP contribution in [0.1, 0.15) is 310 Å². The van der Waals surface area contributed by atoms with E-state index in [0.29, 0.717) is 0 Å². The van der Waals surface area contributed by atoms with Crippen molar-refractivity contribution in [2.75, 3.05) is 78.5 Å². The summed E-state index contributed by atoms with van der Waals surface area (Å²) < 4.78 is 0. The van der Waals surface area contributed by atoms with Crippen molar-refractivity contribution in [3.8, 4) is 0 Å². The molecule has 0 bridgehead atoms. The number of aliphatic imine (C=N–C) groups is 3. The molecule has 3 aliphatic rings. The van der Waals surface area contributed by atoms with Crippen LogP contribution < -0.4 is 0 Å². The lowest BCUT2D eigenvalue weighted by Gasteiger charge is -2.38. The maximum atomic E-state index is 5.30. The minimum absolute atomic E-state index is 0.911. The highest BCUT2D eigenvalue weighted by atomic mass is 15.3. The summed E-state index contributed by atoms with van der Waals surface area (Å²) in [6.45, 7) is 19.5. The average molecular weight is 1060 g/mol. The Bertz CT molecular complexity index is 1290. The highest BCUT2D eigenvalue weighted by Crippen LogP contribution is 2.18. The van der Waals surface area contributed by atoms with Gasteiger partial charge < -0.3 is 14.7 Å². The predicted octanol–water partition coefficient (Wildman–Crippen LogP) is 19.7. The van der Waals surface area contributed by atoms with Crippen molar-refractivity contribution in [3.05, 3.63) is 36.5 Å². The van der Waals surface area contributed by atoms with Crippen LogP contribution in [-0.4, -0.2) is 116 Å². The molecule has 0 fully saturated rings. The van der Waals surface area contributed by atoms with E-state index in [1.807, 2.05) is 0 Å². The quantitative estimate of drug-likeness (QED) is 0.0450. The molecule has 0 saturated carbocycles. The molecule has 0 atom stereocenters. The molecule has 0 aromatic carbocycles. The Labute approximate surface area is 474 Å². The van der Waals surface area contributed by atoms with Crippen LogP contribution in [0.2, 0.25) is 0 Å². The second-order valence-corrected chi connectivity index (χ2v) is 23.9. The Hall–Kier alpha value is -2.41. The van der Waals surface area contributed by atoms with E-state index >= 15 is 0 Å². The van der Waals surface area contributed by atoms with Gasteiger partial charge in [0.05, 0.1) is 19.6 Å². The third-order valence-electron chi connectivity index (χ3n) is 16.7. The van der Waals surface area contributed by atoms with Gasteiger partial charge >= 0.3 is 0 Å². The van der Waals surface area contributed by atoms with E-state index in [1.165, 1.54) is 306 Å². The van der Waals surface area contributed by atoms with Gasteiger partial charge in [0.1, 0.15) is 17.5 Å². The molecule has 7 heteroatoms. The van der Waals surface area contributed by atoms with Gasteiger partial charge in [0, 0.05) is 58.9 Å². The normalized spacial score (nSPS) is 15.6. The fraction of sp³-hybridized carbons (Fsp3) is 0.870. The van der Waals surface area contributed by atoms with Crippen LogP contribution in [0.25, 0.3) is 0 Å². The van der Waals surface area contributed by atoms with Gasteiger partial charge in [0.15, 0.2) is 0 Å². The lowest BCUT2D eigenvalue weighted by atomic mass is 10.1. The molecule has 0 amide bonds. The molecule has 3 rings (SSSR count). The topological polar surface area (TPSA) is 50.0 Å². The zero-order valence-corrected chi connectivity index (χ0v) is 51.4. The summed E-state index contributed by atoms with van der Waals surface area (Å²) in [4.78, 5) is 26.6. The van der Waals surface area contributed by atoms with E-state index in [9.17, 15) is 0 Å². The maximum Gasteiger partial charge on any atom is 0.113 e. The molecule has 0 aliphatic carbocycles. The largest absolute Gasteiger partial charge is 0.359 e. The van der Waals surface area contributed by atoms with Gasteiger partial charge in [-0.2, -0.15) is 0 Å². The molecule has 0 N–H and O–H groups in total. The Morgan fingerprint density at radius 1 is 0.289 bits per heavy atom. The van der Waals surface area contributed by atoms with E-state index < -0.39 is 0 Å². The number of hydrogen-bond acceptors (Lipinski definition) is 7. The van der Waals surface area contributed by atoms with Gasteiger partial charge in [-0.3, -0.25) is 19.9 Å². The second kappa shape index (κ2) is 52.0. The van der Waals surface area contributed by atoms with Gasteiger partial charge in [-0.15, -0.1) is 0 Å². The van der Waals surface area contributed by atoms with Crippen molar-refractivity contribution in [3.63, 3.8) is 0 Å². The SMILES string of the molecule is CCCCCCCCC=CCCCCCCCCN1CCCN=C1CN(CC1=NCCCN1CCCCCCCCC=CCCCCCCCC)CC1=NCCCN1CCCCCCCCC=CCCCCCCCC. The van der Waals surface area contributed by atoms with E-state index in [0.717, 1.165) is 78.5 Å². The van der Waals surface area contributed by atoms with Crippen molar-refractivity contribution in [2.45, 2.75) is 310 Å². The second-order valence-electron chi connectivity index (χ2n) is 23.9. The van der Waals surface area contributed by atoms with Gasteiger partial charge in [-0.25, -0.2) is 0 Å². The minimum Gasteiger partial charge on any atom is -0.359 e. The molecule has 0 spiro atoms. The zero-order valence-electron chi connectivity index (χ0n) is 51.4. The molecule has 0 saturated heterocycles. The van der Waals surface area contributed by atoms with Crippen molar-refractivity contribution < 1.29 is 0 Å². The molecule has 7 nitrogen and oxygen atoms in total. The minimum atomic E-state index is 0.911. The molecule has 440 valence electrons. The number of hydrogen-bond donors (Lipinski definition) is 0. The smallest absolute Gasteiger partial charge is 0.113 e. The van der Waals surface area contributed by atoms with Crippen molar-refractivity contribution in [1.29, 1.82) is 0 Å². The molecule has 76 heavy (non-hydrogen) atoms. The molecule has 3 aliphatic heterocycles. The van der Waals surface area contributed by atoms with Crippen LogP contribution in [0.3, 0.4) is 0 Å². The Morgan fingerprint density at radius 2 is 0.500 bits per heavy atom. The lowest BCUT2D eigenvalue weighted by Crippen LogP contribution is -2.52. The first-order chi connectivity index (χ1) is 37.7. The average Bonchev–Trinajstić information content (AvgIpc) is 3.44. The van der Waals surface area contributed by atoms with E-state index in [2.05, 4.69) is 76.8 Å². The maximum absolute atomic E-state index is 5.30. The molecule has 0 aromatic rings. The summed E-state index contributed by atoms with van der Waals surface area (Å²) in [5, 5.41) is 0.